The summed E-state index contributed by atoms with van der Waals surface area (Å²) >= 11 is 0. The molecule has 0 bridgehead atoms. The van der Waals surface area contributed by atoms with Crippen LogP contribution in [0, 0.1) is 5.92 Å². The van der Waals surface area contributed by atoms with Crippen LogP contribution in [0.4, 0.5) is 0 Å². The molecule has 0 aromatic heterocycles. The molecule has 1 saturated heterocycles. The van der Waals surface area contributed by atoms with E-state index in [4.69, 9.17) is 5.11 Å². The summed E-state index contributed by atoms with van der Waals surface area (Å²) in [5.74, 6) is 0.910. The van der Waals surface area contributed by atoms with Crippen LogP contribution < -0.4 is 5.32 Å². The molecule has 0 saturated carbocycles. The Morgan fingerprint density at radius 2 is 1.88 bits per heavy atom. The van der Waals surface area contributed by atoms with Crippen LogP contribution in [0.1, 0.15) is 29.6 Å². The van der Waals surface area contributed by atoms with Gasteiger partial charge in [-0.15, -0.1) is 0 Å². The molecule has 0 aliphatic carbocycles. The first-order chi connectivity index (χ1) is 7.75. The molecule has 1 fully saturated rings. The lowest BCUT2D eigenvalue weighted by atomic mass is 9.91. The molecule has 0 atom stereocenters. The van der Waals surface area contributed by atoms with E-state index in [1.54, 1.807) is 24.3 Å². The molecule has 2 rings (SSSR count). The van der Waals surface area contributed by atoms with Gasteiger partial charge in [-0.3, -0.25) is 4.79 Å². The number of rotatable bonds is 3. The molecule has 0 spiro atoms. The number of phenolic OH excluding ortho intramolecular Hbond substituents is 1. The summed E-state index contributed by atoms with van der Waals surface area (Å²) in [5.41, 5.74) is 0.705. The number of carbonyl (C=O) groups excluding carboxylic acids is 1. The van der Waals surface area contributed by atoms with Crippen molar-refractivity contribution in [2.24, 2.45) is 5.92 Å². The van der Waals surface area contributed by atoms with Gasteiger partial charge in [-0.25, -0.2) is 0 Å². The van der Waals surface area contributed by atoms with Crippen LogP contribution in [0.3, 0.4) is 0 Å². The number of piperidine rings is 1. The molecule has 1 aromatic carbocycles. The second-order valence-electron chi connectivity index (χ2n) is 4.37. The van der Waals surface area contributed by atoms with E-state index in [-0.39, 0.29) is 11.5 Å². The van der Waals surface area contributed by atoms with E-state index in [0.717, 1.165) is 25.9 Å². The fourth-order valence-corrected chi connectivity index (χ4v) is 2.11. The van der Waals surface area contributed by atoms with Crippen LogP contribution in [0.25, 0.3) is 0 Å². The van der Waals surface area contributed by atoms with Gasteiger partial charge in [-0.1, -0.05) is 0 Å². The molecule has 0 amide bonds. The van der Waals surface area contributed by atoms with Crippen LogP contribution in [0.15, 0.2) is 24.3 Å². The molecule has 3 nitrogen and oxygen atoms in total. The summed E-state index contributed by atoms with van der Waals surface area (Å²) in [4.78, 5) is 11.9. The second kappa shape index (κ2) is 5.12. The summed E-state index contributed by atoms with van der Waals surface area (Å²) in [5, 5.41) is 12.4. The number of hydrogen-bond donors (Lipinski definition) is 2. The smallest absolute Gasteiger partial charge is 0.163 e. The maximum atomic E-state index is 11.9. The normalized spacial score (nSPS) is 17.2. The number of aromatic hydroxyl groups is 1. The van der Waals surface area contributed by atoms with Gasteiger partial charge in [0.15, 0.2) is 5.78 Å². The van der Waals surface area contributed by atoms with E-state index < -0.39 is 0 Å². The fourth-order valence-electron chi connectivity index (χ4n) is 2.11. The highest BCUT2D eigenvalue weighted by molar-refractivity contribution is 5.96. The molecule has 0 radical (unpaired) electrons. The molecular weight excluding hydrogens is 202 g/mol. The lowest BCUT2D eigenvalue weighted by Gasteiger charge is -2.21. The third kappa shape index (κ3) is 2.83. The minimum absolute atomic E-state index is 0.187. The highest BCUT2D eigenvalue weighted by Gasteiger charge is 2.17. The Kier molecular flexibility index (Phi) is 3.57. The Balaban J connectivity index is 1.94. The van der Waals surface area contributed by atoms with Crippen molar-refractivity contribution in [2.45, 2.75) is 19.3 Å². The first-order valence-corrected chi connectivity index (χ1v) is 5.78. The monoisotopic (exact) mass is 219 g/mol. The zero-order valence-corrected chi connectivity index (χ0v) is 9.28. The fraction of sp³-hybridized carbons (Fsp3) is 0.462. The van der Waals surface area contributed by atoms with Gasteiger partial charge in [-0.2, -0.15) is 0 Å². The molecule has 86 valence electrons. The minimum Gasteiger partial charge on any atom is -0.508 e. The Morgan fingerprint density at radius 1 is 1.25 bits per heavy atom. The van der Waals surface area contributed by atoms with Crippen molar-refractivity contribution < 1.29 is 9.90 Å². The van der Waals surface area contributed by atoms with Crippen molar-refractivity contribution in [3.63, 3.8) is 0 Å². The van der Waals surface area contributed by atoms with Crippen molar-refractivity contribution in [1.82, 2.24) is 5.32 Å². The lowest BCUT2D eigenvalue weighted by molar-refractivity contribution is 0.0952. The molecule has 1 aliphatic heterocycles. The number of Topliss-reactive ketones (excluding diaryl/α,β-unsaturated/α-hetero) is 1. The summed E-state index contributed by atoms with van der Waals surface area (Å²) in [6.07, 6.45) is 2.81. The van der Waals surface area contributed by atoms with Crippen LogP contribution in [-0.2, 0) is 0 Å². The van der Waals surface area contributed by atoms with E-state index in [1.165, 1.54) is 0 Å². The predicted molar refractivity (Wildman–Crippen MR) is 62.6 cm³/mol. The highest BCUT2D eigenvalue weighted by Crippen LogP contribution is 2.19. The van der Waals surface area contributed by atoms with Crippen molar-refractivity contribution in [3.05, 3.63) is 29.8 Å². The van der Waals surface area contributed by atoms with Crippen molar-refractivity contribution in [1.29, 1.82) is 0 Å². The zero-order chi connectivity index (χ0) is 11.4. The van der Waals surface area contributed by atoms with Gasteiger partial charge in [0.2, 0.25) is 0 Å². The predicted octanol–water partition coefficient (Wildman–Crippen LogP) is 1.96. The molecule has 2 N–H and O–H groups in total. The summed E-state index contributed by atoms with van der Waals surface area (Å²) in [6.45, 7) is 2.04. The SMILES string of the molecule is O=C(CC1CCNCC1)c1ccc(O)cc1. The topological polar surface area (TPSA) is 49.3 Å². The minimum atomic E-state index is 0.187. The van der Waals surface area contributed by atoms with E-state index in [1.807, 2.05) is 0 Å². The van der Waals surface area contributed by atoms with Gasteiger partial charge in [0.05, 0.1) is 0 Å². The molecule has 1 heterocycles. The van der Waals surface area contributed by atoms with Gasteiger partial charge in [0.1, 0.15) is 5.75 Å². The van der Waals surface area contributed by atoms with Gasteiger partial charge >= 0.3 is 0 Å². The third-order valence-electron chi connectivity index (χ3n) is 3.12. The molecule has 16 heavy (non-hydrogen) atoms. The Morgan fingerprint density at radius 3 is 2.50 bits per heavy atom. The second-order valence-corrected chi connectivity index (χ2v) is 4.37. The molecule has 1 aromatic rings. The molecule has 3 heteroatoms. The standard InChI is InChI=1S/C13H17NO2/c15-12-3-1-11(2-4-12)13(16)9-10-5-7-14-8-6-10/h1-4,10,14-15H,5-9H2. The maximum Gasteiger partial charge on any atom is 0.163 e. The number of benzene rings is 1. The Bertz CT molecular complexity index is 353. The van der Waals surface area contributed by atoms with Crippen LogP contribution >= 0.6 is 0 Å². The zero-order valence-electron chi connectivity index (χ0n) is 9.28. The van der Waals surface area contributed by atoms with E-state index in [9.17, 15) is 4.79 Å². The van der Waals surface area contributed by atoms with Crippen LogP contribution in [0.2, 0.25) is 0 Å². The highest BCUT2D eigenvalue weighted by atomic mass is 16.3. The number of phenols is 1. The van der Waals surface area contributed by atoms with Crippen molar-refractivity contribution >= 4 is 5.78 Å². The largest absolute Gasteiger partial charge is 0.508 e. The van der Waals surface area contributed by atoms with Crippen molar-refractivity contribution in [3.8, 4) is 5.75 Å². The number of carbonyl (C=O) groups is 1. The van der Waals surface area contributed by atoms with Crippen LogP contribution in [0.5, 0.6) is 5.75 Å². The summed E-state index contributed by atoms with van der Waals surface area (Å²) < 4.78 is 0. The Labute approximate surface area is 95.5 Å². The van der Waals surface area contributed by atoms with E-state index in [2.05, 4.69) is 5.32 Å². The maximum absolute atomic E-state index is 11.9. The first kappa shape index (κ1) is 11.1. The molecular formula is C13H17NO2. The van der Waals surface area contributed by atoms with E-state index >= 15 is 0 Å². The number of hydrogen-bond acceptors (Lipinski definition) is 3. The molecule has 0 unspecified atom stereocenters. The third-order valence-corrected chi connectivity index (χ3v) is 3.12. The van der Waals surface area contributed by atoms with Crippen molar-refractivity contribution in [2.75, 3.05) is 13.1 Å². The number of ketones is 1. The van der Waals surface area contributed by atoms with Gasteiger partial charge in [0.25, 0.3) is 0 Å². The first-order valence-electron chi connectivity index (χ1n) is 5.78. The average Bonchev–Trinajstić information content (AvgIpc) is 2.31. The lowest BCUT2D eigenvalue weighted by Crippen LogP contribution is -2.28. The van der Waals surface area contributed by atoms with Gasteiger partial charge < -0.3 is 10.4 Å². The average molecular weight is 219 g/mol. The summed E-state index contributed by atoms with van der Waals surface area (Å²) in [7, 11) is 0. The quantitative estimate of drug-likeness (QED) is 0.764. The van der Waals surface area contributed by atoms with Gasteiger partial charge in [-0.05, 0) is 56.1 Å². The van der Waals surface area contributed by atoms with Crippen LogP contribution in [-0.4, -0.2) is 24.0 Å². The number of nitrogens with one attached hydrogen (secondary N) is 1. The van der Waals surface area contributed by atoms with Gasteiger partial charge in [0, 0.05) is 12.0 Å². The van der Waals surface area contributed by atoms with E-state index in [0.29, 0.717) is 17.9 Å². The Hall–Kier alpha value is -1.35. The summed E-state index contributed by atoms with van der Waals surface area (Å²) in [6, 6.07) is 6.52. The molecule has 1 aliphatic rings.